The van der Waals surface area contributed by atoms with Crippen LogP contribution >= 0.6 is 0 Å². The maximum atomic E-state index is 6.11. The van der Waals surface area contributed by atoms with Crippen LogP contribution in [0.1, 0.15) is 43.2 Å². The first-order chi connectivity index (χ1) is 8.34. The lowest BCUT2D eigenvalue weighted by Gasteiger charge is -2.22. The molecule has 2 aliphatic rings. The predicted molar refractivity (Wildman–Crippen MR) is 67.8 cm³/mol. The fraction of sp³-hybridized carbons (Fsp3) is 0.769. The third-order valence-corrected chi connectivity index (χ3v) is 4.10. The fourth-order valence-corrected chi connectivity index (χ4v) is 3.06. The molecule has 4 heteroatoms. The molecule has 2 N–H and O–H groups in total. The Bertz CT molecular complexity index is 379. The fourth-order valence-electron chi connectivity index (χ4n) is 3.06. The molecule has 0 radical (unpaired) electrons. The molecule has 1 unspecified atom stereocenters. The van der Waals surface area contributed by atoms with Crippen molar-refractivity contribution < 1.29 is 0 Å². The van der Waals surface area contributed by atoms with E-state index in [4.69, 9.17) is 5.73 Å². The summed E-state index contributed by atoms with van der Waals surface area (Å²) in [4.78, 5) is 7.11. The average molecular weight is 234 g/mol. The zero-order valence-corrected chi connectivity index (χ0v) is 10.4. The van der Waals surface area contributed by atoms with E-state index in [-0.39, 0.29) is 6.04 Å². The van der Waals surface area contributed by atoms with E-state index in [9.17, 15) is 0 Å². The van der Waals surface area contributed by atoms with Crippen molar-refractivity contribution >= 4 is 0 Å². The van der Waals surface area contributed by atoms with Crippen LogP contribution in [0.25, 0.3) is 0 Å². The smallest absolute Gasteiger partial charge is 0.110 e. The first-order valence-electron chi connectivity index (χ1n) is 6.87. The van der Waals surface area contributed by atoms with Crippen molar-refractivity contribution in [1.29, 1.82) is 0 Å². The number of rotatable bonds is 3. The zero-order chi connectivity index (χ0) is 11.7. The Balaban J connectivity index is 1.66. The number of hydrogen-bond acceptors (Lipinski definition) is 3. The molecular formula is C13H22N4. The molecule has 4 nitrogen and oxygen atoms in total. The first kappa shape index (κ1) is 11.2. The average Bonchev–Trinajstić information content (AvgIpc) is 2.95. The van der Waals surface area contributed by atoms with Gasteiger partial charge in [-0.25, -0.2) is 4.98 Å². The quantitative estimate of drug-likeness (QED) is 0.858. The van der Waals surface area contributed by atoms with Crippen molar-refractivity contribution in [1.82, 2.24) is 14.5 Å². The maximum absolute atomic E-state index is 6.11. The molecule has 0 aromatic carbocycles. The number of fused-ring (bicyclic) bond motifs is 1. The molecule has 3 rings (SSSR count). The van der Waals surface area contributed by atoms with Crippen LogP contribution in [-0.2, 0) is 13.0 Å². The highest BCUT2D eigenvalue weighted by Crippen LogP contribution is 2.24. The molecular weight excluding hydrogens is 212 g/mol. The van der Waals surface area contributed by atoms with Gasteiger partial charge >= 0.3 is 0 Å². The Morgan fingerprint density at radius 1 is 1.24 bits per heavy atom. The zero-order valence-electron chi connectivity index (χ0n) is 10.4. The number of nitrogens with zero attached hydrogens (tertiary/aromatic N) is 3. The molecule has 0 spiro atoms. The molecule has 1 saturated heterocycles. The summed E-state index contributed by atoms with van der Waals surface area (Å²) < 4.78 is 2.35. The van der Waals surface area contributed by atoms with Gasteiger partial charge in [-0.05, 0) is 38.8 Å². The van der Waals surface area contributed by atoms with Crippen LogP contribution in [0, 0.1) is 0 Å². The van der Waals surface area contributed by atoms with Gasteiger partial charge < -0.3 is 15.2 Å². The largest absolute Gasteiger partial charge is 0.331 e. The van der Waals surface area contributed by atoms with E-state index in [1.165, 1.54) is 43.9 Å². The van der Waals surface area contributed by atoms with Crippen molar-refractivity contribution in [2.24, 2.45) is 5.73 Å². The summed E-state index contributed by atoms with van der Waals surface area (Å²) in [5.74, 6) is 1.24. The van der Waals surface area contributed by atoms with E-state index in [1.54, 1.807) is 0 Å². The minimum absolute atomic E-state index is 0.205. The van der Waals surface area contributed by atoms with Gasteiger partial charge in [0.1, 0.15) is 5.82 Å². The van der Waals surface area contributed by atoms with Crippen molar-refractivity contribution in [3.8, 4) is 0 Å². The second-order valence-corrected chi connectivity index (χ2v) is 5.30. The van der Waals surface area contributed by atoms with Gasteiger partial charge in [0.25, 0.3) is 0 Å². The van der Waals surface area contributed by atoms with Crippen LogP contribution < -0.4 is 5.73 Å². The topological polar surface area (TPSA) is 47.1 Å². The minimum atomic E-state index is 0.205. The predicted octanol–water partition coefficient (Wildman–Crippen LogP) is 1.31. The second kappa shape index (κ2) is 4.78. The number of nitrogens with two attached hydrogens (primary N) is 1. The van der Waals surface area contributed by atoms with Gasteiger partial charge in [0.2, 0.25) is 0 Å². The minimum Gasteiger partial charge on any atom is -0.331 e. The highest BCUT2D eigenvalue weighted by molar-refractivity contribution is 5.12. The van der Waals surface area contributed by atoms with E-state index < -0.39 is 0 Å². The standard InChI is InChI=1S/C13H22N4/c14-11-4-3-8-17-12(11)10-15-13(17)5-9-16-6-1-2-7-16/h10-11H,1-9,14H2. The highest BCUT2D eigenvalue weighted by Gasteiger charge is 2.20. The molecule has 1 aromatic heterocycles. The van der Waals surface area contributed by atoms with Crippen molar-refractivity contribution in [3.63, 3.8) is 0 Å². The summed E-state index contributed by atoms with van der Waals surface area (Å²) in [5.41, 5.74) is 7.35. The lowest BCUT2D eigenvalue weighted by Crippen LogP contribution is -2.25. The highest BCUT2D eigenvalue weighted by atomic mass is 15.2. The maximum Gasteiger partial charge on any atom is 0.110 e. The molecule has 0 aliphatic carbocycles. The van der Waals surface area contributed by atoms with Gasteiger partial charge in [-0.3, -0.25) is 0 Å². The van der Waals surface area contributed by atoms with Crippen molar-refractivity contribution in [3.05, 3.63) is 17.7 Å². The Hall–Kier alpha value is -0.870. The van der Waals surface area contributed by atoms with Gasteiger partial charge in [0, 0.05) is 25.6 Å². The molecule has 0 amide bonds. The first-order valence-corrected chi connectivity index (χ1v) is 6.87. The molecule has 2 aliphatic heterocycles. The summed E-state index contributed by atoms with van der Waals surface area (Å²) in [6, 6.07) is 0.205. The summed E-state index contributed by atoms with van der Waals surface area (Å²) in [6.45, 7) is 4.81. The Kier molecular flexibility index (Phi) is 3.16. The van der Waals surface area contributed by atoms with Crippen LogP contribution in [0.3, 0.4) is 0 Å². The van der Waals surface area contributed by atoms with E-state index in [0.29, 0.717) is 0 Å². The van der Waals surface area contributed by atoms with Gasteiger partial charge in [-0.2, -0.15) is 0 Å². The molecule has 3 heterocycles. The summed E-state index contributed by atoms with van der Waals surface area (Å²) in [7, 11) is 0. The van der Waals surface area contributed by atoms with Crippen LogP contribution in [0.15, 0.2) is 6.20 Å². The Morgan fingerprint density at radius 3 is 2.88 bits per heavy atom. The molecule has 1 atom stereocenters. The molecule has 0 bridgehead atoms. The number of aromatic nitrogens is 2. The molecule has 1 aromatic rings. The van der Waals surface area contributed by atoms with Crippen LogP contribution in [-0.4, -0.2) is 34.1 Å². The van der Waals surface area contributed by atoms with Gasteiger partial charge in [0.05, 0.1) is 11.9 Å². The number of hydrogen-bond donors (Lipinski definition) is 1. The van der Waals surface area contributed by atoms with Gasteiger partial charge in [-0.15, -0.1) is 0 Å². The summed E-state index contributed by atoms with van der Waals surface area (Å²) >= 11 is 0. The van der Waals surface area contributed by atoms with E-state index in [0.717, 1.165) is 25.9 Å². The number of likely N-dealkylation sites (tertiary alicyclic amines) is 1. The lowest BCUT2D eigenvalue weighted by atomic mass is 10.1. The van der Waals surface area contributed by atoms with Gasteiger partial charge in [0.15, 0.2) is 0 Å². The number of imidazole rings is 1. The SMILES string of the molecule is NC1CCCn2c1cnc2CCN1CCCC1. The third kappa shape index (κ3) is 2.24. The van der Waals surface area contributed by atoms with Crippen LogP contribution in [0.5, 0.6) is 0 Å². The molecule has 0 saturated carbocycles. The summed E-state index contributed by atoms with van der Waals surface area (Å²) in [6.07, 6.45) is 8.10. The van der Waals surface area contributed by atoms with E-state index >= 15 is 0 Å². The lowest BCUT2D eigenvalue weighted by molar-refractivity contribution is 0.336. The van der Waals surface area contributed by atoms with Crippen molar-refractivity contribution in [2.75, 3.05) is 19.6 Å². The Morgan fingerprint density at radius 2 is 2.06 bits per heavy atom. The Labute approximate surface area is 103 Å². The monoisotopic (exact) mass is 234 g/mol. The van der Waals surface area contributed by atoms with Crippen LogP contribution in [0.4, 0.5) is 0 Å². The van der Waals surface area contributed by atoms with Crippen molar-refractivity contribution in [2.45, 2.75) is 44.7 Å². The van der Waals surface area contributed by atoms with Crippen LogP contribution in [0.2, 0.25) is 0 Å². The molecule has 1 fully saturated rings. The molecule has 94 valence electrons. The summed E-state index contributed by atoms with van der Waals surface area (Å²) in [5, 5.41) is 0. The van der Waals surface area contributed by atoms with E-state index in [2.05, 4.69) is 14.5 Å². The molecule has 17 heavy (non-hydrogen) atoms. The van der Waals surface area contributed by atoms with E-state index in [1.807, 2.05) is 6.20 Å². The van der Waals surface area contributed by atoms with Gasteiger partial charge in [-0.1, -0.05) is 0 Å². The third-order valence-electron chi connectivity index (χ3n) is 4.10. The second-order valence-electron chi connectivity index (χ2n) is 5.30. The normalized spacial score (nSPS) is 25.1.